The molecule has 23 heavy (non-hydrogen) atoms. The molecule has 1 aliphatic heterocycles. The molecule has 126 valence electrons. The highest BCUT2D eigenvalue weighted by atomic mass is 16.3. The monoisotopic (exact) mass is 319 g/mol. The standard InChI is InChI=1S/C17H25N3O3/c1-12-5-3-6-19(10-12)11-15-13(2)14(9-18)16(22)20(17(15)23)7-4-8-21/h12,21,23H,3-8,10-11H2,1-2H3. The van der Waals surface area contributed by atoms with E-state index in [9.17, 15) is 15.2 Å². The second kappa shape index (κ2) is 7.62. The Morgan fingerprint density at radius 2 is 2.17 bits per heavy atom. The smallest absolute Gasteiger partial charge is 0.271 e. The lowest BCUT2D eigenvalue weighted by Crippen LogP contribution is -2.35. The van der Waals surface area contributed by atoms with Gasteiger partial charge in [0.05, 0.1) is 0 Å². The van der Waals surface area contributed by atoms with Gasteiger partial charge in [-0.3, -0.25) is 14.3 Å². The maximum Gasteiger partial charge on any atom is 0.271 e. The van der Waals surface area contributed by atoms with Crippen molar-refractivity contribution in [2.45, 2.75) is 46.2 Å². The van der Waals surface area contributed by atoms with Crippen molar-refractivity contribution in [3.05, 3.63) is 27.0 Å². The number of aromatic hydroxyl groups is 1. The molecule has 2 heterocycles. The van der Waals surface area contributed by atoms with Crippen LogP contribution >= 0.6 is 0 Å². The number of hydrogen-bond acceptors (Lipinski definition) is 5. The quantitative estimate of drug-likeness (QED) is 0.855. The average molecular weight is 319 g/mol. The highest BCUT2D eigenvalue weighted by Crippen LogP contribution is 2.26. The molecule has 2 rings (SSSR count). The van der Waals surface area contributed by atoms with Gasteiger partial charge < -0.3 is 10.2 Å². The number of piperidine rings is 1. The molecular formula is C17H25N3O3. The van der Waals surface area contributed by atoms with Gasteiger partial charge in [0.2, 0.25) is 0 Å². The van der Waals surface area contributed by atoms with Crippen LogP contribution in [0.1, 0.15) is 42.9 Å². The van der Waals surface area contributed by atoms with Crippen molar-refractivity contribution < 1.29 is 10.2 Å². The number of hydrogen-bond donors (Lipinski definition) is 2. The van der Waals surface area contributed by atoms with Crippen LogP contribution in [0.3, 0.4) is 0 Å². The van der Waals surface area contributed by atoms with Gasteiger partial charge in [0, 0.05) is 31.8 Å². The normalized spacial score (nSPS) is 18.8. The van der Waals surface area contributed by atoms with Gasteiger partial charge in [0.15, 0.2) is 5.88 Å². The highest BCUT2D eigenvalue weighted by Gasteiger charge is 2.23. The van der Waals surface area contributed by atoms with Gasteiger partial charge in [-0.15, -0.1) is 0 Å². The van der Waals surface area contributed by atoms with Gasteiger partial charge in [0.25, 0.3) is 5.56 Å². The van der Waals surface area contributed by atoms with E-state index in [2.05, 4.69) is 11.8 Å². The third kappa shape index (κ3) is 3.74. The predicted octanol–water partition coefficient (Wildman–Crippen LogP) is 1.35. The van der Waals surface area contributed by atoms with Crippen LogP contribution < -0.4 is 5.56 Å². The Morgan fingerprint density at radius 1 is 1.43 bits per heavy atom. The van der Waals surface area contributed by atoms with Crippen molar-refractivity contribution in [3.63, 3.8) is 0 Å². The largest absolute Gasteiger partial charge is 0.494 e. The number of pyridine rings is 1. The first-order chi connectivity index (χ1) is 11.0. The maximum atomic E-state index is 12.3. The van der Waals surface area contributed by atoms with Gasteiger partial charge in [-0.25, -0.2) is 0 Å². The first-order valence-electron chi connectivity index (χ1n) is 8.18. The van der Waals surface area contributed by atoms with E-state index in [0.29, 0.717) is 30.0 Å². The fraction of sp³-hybridized carbons (Fsp3) is 0.647. The van der Waals surface area contributed by atoms with E-state index < -0.39 is 5.56 Å². The van der Waals surface area contributed by atoms with Crippen LogP contribution in [-0.4, -0.2) is 39.4 Å². The fourth-order valence-electron chi connectivity index (χ4n) is 3.28. The second-order valence-electron chi connectivity index (χ2n) is 6.43. The molecule has 0 aliphatic carbocycles. The lowest BCUT2D eigenvalue weighted by atomic mass is 9.98. The molecule has 0 spiro atoms. The summed E-state index contributed by atoms with van der Waals surface area (Å²) in [6.45, 7) is 6.52. The predicted molar refractivity (Wildman–Crippen MR) is 87.2 cm³/mol. The first kappa shape index (κ1) is 17.5. The number of nitrogens with zero attached hydrogens (tertiary/aromatic N) is 3. The van der Waals surface area contributed by atoms with Crippen molar-refractivity contribution in [2.24, 2.45) is 5.92 Å². The molecule has 1 aromatic heterocycles. The average Bonchev–Trinajstić information content (AvgIpc) is 2.52. The van der Waals surface area contributed by atoms with Crippen LogP contribution in [0, 0.1) is 24.2 Å². The zero-order chi connectivity index (χ0) is 17.0. The minimum absolute atomic E-state index is 0.0688. The number of likely N-dealkylation sites (tertiary alicyclic amines) is 1. The lowest BCUT2D eigenvalue weighted by molar-refractivity contribution is 0.173. The Bertz CT molecular complexity index is 661. The van der Waals surface area contributed by atoms with Gasteiger partial charge in [-0.2, -0.15) is 5.26 Å². The highest BCUT2D eigenvalue weighted by molar-refractivity contribution is 5.45. The van der Waals surface area contributed by atoms with Gasteiger partial charge in [-0.05, 0) is 44.2 Å². The van der Waals surface area contributed by atoms with E-state index in [1.54, 1.807) is 6.92 Å². The molecule has 0 amide bonds. The lowest BCUT2D eigenvalue weighted by Gasteiger charge is -2.31. The van der Waals surface area contributed by atoms with Crippen molar-refractivity contribution in [1.29, 1.82) is 5.26 Å². The van der Waals surface area contributed by atoms with Crippen molar-refractivity contribution in [1.82, 2.24) is 9.47 Å². The van der Waals surface area contributed by atoms with Crippen LogP contribution in [0.25, 0.3) is 0 Å². The van der Waals surface area contributed by atoms with Crippen LogP contribution in [0.2, 0.25) is 0 Å². The molecule has 0 radical (unpaired) electrons. The van der Waals surface area contributed by atoms with Crippen LogP contribution in [0.4, 0.5) is 0 Å². The molecule has 2 N–H and O–H groups in total. The number of nitriles is 1. The summed E-state index contributed by atoms with van der Waals surface area (Å²) >= 11 is 0. The maximum absolute atomic E-state index is 12.3. The molecule has 0 bridgehead atoms. The summed E-state index contributed by atoms with van der Waals surface area (Å²) in [6, 6.07) is 1.97. The van der Waals surface area contributed by atoms with Gasteiger partial charge >= 0.3 is 0 Å². The first-order valence-corrected chi connectivity index (χ1v) is 8.18. The zero-order valence-corrected chi connectivity index (χ0v) is 13.9. The number of rotatable bonds is 5. The minimum Gasteiger partial charge on any atom is -0.494 e. The van der Waals surface area contributed by atoms with E-state index in [-0.39, 0.29) is 24.6 Å². The Balaban J connectivity index is 2.41. The van der Waals surface area contributed by atoms with E-state index >= 15 is 0 Å². The van der Waals surface area contributed by atoms with Crippen molar-refractivity contribution >= 4 is 0 Å². The molecule has 1 atom stereocenters. The van der Waals surface area contributed by atoms with Gasteiger partial charge in [0.1, 0.15) is 11.6 Å². The molecule has 1 fully saturated rings. The number of aliphatic hydroxyl groups is 1. The van der Waals surface area contributed by atoms with Crippen molar-refractivity contribution in [3.8, 4) is 11.9 Å². The third-order valence-electron chi connectivity index (χ3n) is 4.59. The Hall–Kier alpha value is -1.84. The summed E-state index contributed by atoms with van der Waals surface area (Å²) in [5, 5.41) is 28.8. The fourth-order valence-corrected chi connectivity index (χ4v) is 3.28. The summed E-state index contributed by atoms with van der Waals surface area (Å²) in [5.74, 6) is 0.542. The zero-order valence-electron chi connectivity index (χ0n) is 13.9. The Kier molecular flexibility index (Phi) is 5.80. The Labute approximate surface area is 136 Å². The van der Waals surface area contributed by atoms with Crippen LogP contribution in [0.15, 0.2) is 4.79 Å². The summed E-state index contributed by atoms with van der Waals surface area (Å²) in [7, 11) is 0. The molecular weight excluding hydrogens is 294 g/mol. The Morgan fingerprint density at radius 3 is 2.78 bits per heavy atom. The molecule has 0 aromatic carbocycles. The number of aromatic nitrogens is 1. The second-order valence-corrected chi connectivity index (χ2v) is 6.43. The van der Waals surface area contributed by atoms with Gasteiger partial charge in [-0.1, -0.05) is 6.92 Å². The van der Waals surface area contributed by atoms with E-state index in [1.807, 2.05) is 6.07 Å². The van der Waals surface area contributed by atoms with E-state index in [4.69, 9.17) is 5.11 Å². The molecule has 1 aliphatic rings. The summed E-state index contributed by atoms with van der Waals surface area (Å²) < 4.78 is 1.21. The van der Waals surface area contributed by atoms with Crippen LogP contribution in [-0.2, 0) is 13.1 Å². The molecule has 6 nitrogen and oxygen atoms in total. The SMILES string of the molecule is Cc1c(CN2CCCC(C)C2)c(O)n(CCCO)c(=O)c1C#N. The third-order valence-corrected chi connectivity index (χ3v) is 4.59. The summed E-state index contributed by atoms with van der Waals surface area (Å²) in [4.78, 5) is 14.6. The topological polar surface area (TPSA) is 89.5 Å². The number of aliphatic hydroxyl groups excluding tert-OH is 1. The minimum atomic E-state index is -0.480. The molecule has 6 heteroatoms. The summed E-state index contributed by atoms with van der Waals surface area (Å²) in [6.07, 6.45) is 2.69. The summed E-state index contributed by atoms with van der Waals surface area (Å²) in [5.41, 5.74) is 0.814. The van der Waals surface area contributed by atoms with E-state index in [0.717, 1.165) is 19.5 Å². The molecule has 1 unspecified atom stereocenters. The van der Waals surface area contributed by atoms with Crippen LogP contribution in [0.5, 0.6) is 5.88 Å². The molecule has 0 saturated carbocycles. The van der Waals surface area contributed by atoms with Crippen molar-refractivity contribution in [2.75, 3.05) is 19.7 Å². The molecule has 1 saturated heterocycles. The molecule has 1 aromatic rings. The van der Waals surface area contributed by atoms with E-state index in [1.165, 1.54) is 11.0 Å².